The summed E-state index contributed by atoms with van der Waals surface area (Å²) in [5.74, 6) is -0.244. The molecular formula is C14H13N3O2. The molecule has 2 aromatic rings. The first kappa shape index (κ1) is 12.8. The molecule has 0 unspecified atom stereocenters. The van der Waals surface area contributed by atoms with Crippen molar-refractivity contribution >= 4 is 23.2 Å². The van der Waals surface area contributed by atoms with Gasteiger partial charge in [-0.3, -0.25) is 9.59 Å². The summed E-state index contributed by atoms with van der Waals surface area (Å²) in [6.45, 7) is 1.47. The lowest BCUT2D eigenvalue weighted by Gasteiger charge is -2.07. The van der Waals surface area contributed by atoms with Gasteiger partial charge in [-0.05, 0) is 31.2 Å². The topological polar surface area (TPSA) is 85.1 Å². The van der Waals surface area contributed by atoms with E-state index in [4.69, 9.17) is 5.73 Å². The van der Waals surface area contributed by atoms with Crippen LogP contribution in [0.5, 0.6) is 0 Å². The van der Waals surface area contributed by atoms with E-state index in [0.29, 0.717) is 16.8 Å². The number of benzene rings is 1. The number of carbonyl (C=O) groups is 2. The molecule has 0 atom stereocenters. The number of nitrogen functional groups attached to an aromatic ring is 1. The Bertz CT molecular complexity index is 638. The number of rotatable bonds is 3. The largest absolute Gasteiger partial charge is 0.383 e. The Morgan fingerprint density at radius 1 is 1.21 bits per heavy atom. The smallest absolute Gasteiger partial charge is 0.259 e. The first-order chi connectivity index (χ1) is 9.08. The highest BCUT2D eigenvalue weighted by Gasteiger charge is 2.10. The van der Waals surface area contributed by atoms with Gasteiger partial charge in [-0.1, -0.05) is 12.1 Å². The molecule has 0 spiro atoms. The van der Waals surface area contributed by atoms with Gasteiger partial charge in [0, 0.05) is 17.4 Å². The molecule has 1 aromatic heterocycles. The van der Waals surface area contributed by atoms with Crippen molar-refractivity contribution in [1.82, 2.24) is 4.98 Å². The van der Waals surface area contributed by atoms with Gasteiger partial charge < -0.3 is 11.1 Å². The van der Waals surface area contributed by atoms with E-state index in [1.165, 1.54) is 13.1 Å². The van der Waals surface area contributed by atoms with Gasteiger partial charge in [0.05, 0.1) is 5.56 Å². The summed E-state index contributed by atoms with van der Waals surface area (Å²) in [4.78, 5) is 27.1. The molecule has 1 heterocycles. The summed E-state index contributed by atoms with van der Waals surface area (Å²) < 4.78 is 0. The fourth-order valence-corrected chi connectivity index (χ4v) is 1.62. The van der Waals surface area contributed by atoms with Crippen molar-refractivity contribution in [2.75, 3.05) is 11.1 Å². The number of anilines is 2. The van der Waals surface area contributed by atoms with Gasteiger partial charge in [0.2, 0.25) is 0 Å². The molecule has 5 heteroatoms. The molecule has 5 nitrogen and oxygen atoms in total. The number of nitrogens with zero attached hydrogens (tertiary/aromatic N) is 1. The third kappa shape index (κ3) is 2.95. The normalized spacial score (nSPS) is 9.95. The quantitative estimate of drug-likeness (QED) is 0.822. The van der Waals surface area contributed by atoms with E-state index >= 15 is 0 Å². The molecule has 0 saturated heterocycles. The van der Waals surface area contributed by atoms with Crippen LogP contribution in [0.2, 0.25) is 0 Å². The first-order valence-corrected chi connectivity index (χ1v) is 5.71. The van der Waals surface area contributed by atoms with Crippen molar-refractivity contribution < 1.29 is 9.59 Å². The van der Waals surface area contributed by atoms with Gasteiger partial charge >= 0.3 is 0 Å². The first-order valence-electron chi connectivity index (χ1n) is 5.71. The number of nitrogens with two attached hydrogens (primary N) is 1. The Kier molecular flexibility index (Phi) is 3.56. The van der Waals surface area contributed by atoms with Gasteiger partial charge in [-0.2, -0.15) is 0 Å². The average Bonchev–Trinajstić information content (AvgIpc) is 2.39. The standard InChI is InChI=1S/C14H13N3O2/c1-9(18)10-4-2-5-11(8-10)17-14(19)12-6-3-7-16-13(12)15/h2-8H,1H3,(H2,15,16)(H,17,19). The molecule has 2 rings (SSSR count). The molecule has 0 aliphatic heterocycles. The molecule has 0 fully saturated rings. The number of Topliss-reactive ketones (excluding diaryl/α,β-unsaturated/α-hetero) is 1. The van der Waals surface area contributed by atoms with E-state index in [1.54, 1.807) is 36.4 Å². The average molecular weight is 255 g/mol. The Labute approximate surface area is 110 Å². The van der Waals surface area contributed by atoms with Crippen LogP contribution in [0.4, 0.5) is 11.5 Å². The van der Waals surface area contributed by atoms with Crippen LogP contribution in [0, 0.1) is 0 Å². The lowest BCUT2D eigenvalue weighted by atomic mass is 10.1. The second-order valence-corrected chi connectivity index (χ2v) is 4.03. The zero-order chi connectivity index (χ0) is 13.8. The molecule has 0 radical (unpaired) electrons. The van der Waals surface area contributed by atoms with Crippen LogP contribution in [0.25, 0.3) is 0 Å². The second kappa shape index (κ2) is 5.30. The summed E-state index contributed by atoms with van der Waals surface area (Å²) in [7, 11) is 0. The van der Waals surface area contributed by atoms with Crippen molar-refractivity contribution in [3.8, 4) is 0 Å². The Morgan fingerprint density at radius 3 is 2.68 bits per heavy atom. The van der Waals surface area contributed by atoms with Crippen LogP contribution in [0.15, 0.2) is 42.6 Å². The van der Waals surface area contributed by atoms with Gasteiger partial charge in [-0.25, -0.2) is 4.98 Å². The predicted octanol–water partition coefficient (Wildman–Crippen LogP) is 2.12. The summed E-state index contributed by atoms with van der Waals surface area (Å²) in [5, 5.41) is 2.68. The fraction of sp³-hybridized carbons (Fsp3) is 0.0714. The Hall–Kier alpha value is -2.69. The number of amides is 1. The van der Waals surface area contributed by atoms with E-state index in [2.05, 4.69) is 10.3 Å². The summed E-state index contributed by atoms with van der Waals surface area (Å²) >= 11 is 0. The van der Waals surface area contributed by atoms with Crippen molar-refractivity contribution in [1.29, 1.82) is 0 Å². The SMILES string of the molecule is CC(=O)c1cccc(NC(=O)c2cccnc2N)c1. The summed E-state index contributed by atoms with van der Waals surface area (Å²) in [6, 6.07) is 9.95. The van der Waals surface area contributed by atoms with E-state index in [1.807, 2.05) is 0 Å². The summed E-state index contributed by atoms with van der Waals surface area (Å²) in [6.07, 6.45) is 1.52. The number of hydrogen-bond donors (Lipinski definition) is 2. The molecule has 1 amide bonds. The van der Waals surface area contributed by atoms with Crippen LogP contribution in [-0.4, -0.2) is 16.7 Å². The number of carbonyl (C=O) groups excluding carboxylic acids is 2. The molecule has 0 bridgehead atoms. The maximum absolute atomic E-state index is 12.0. The van der Waals surface area contributed by atoms with Crippen molar-refractivity contribution in [3.63, 3.8) is 0 Å². The minimum Gasteiger partial charge on any atom is -0.383 e. The van der Waals surface area contributed by atoms with Crippen LogP contribution >= 0.6 is 0 Å². The van der Waals surface area contributed by atoms with E-state index in [-0.39, 0.29) is 17.5 Å². The molecular weight excluding hydrogens is 242 g/mol. The second-order valence-electron chi connectivity index (χ2n) is 4.03. The Balaban J connectivity index is 2.22. The number of nitrogens with one attached hydrogen (secondary N) is 1. The van der Waals surface area contributed by atoms with Crippen LogP contribution in [0.3, 0.4) is 0 Å². The number of ketones is 1. The zero-order valence-corrected chi connectivity index (χ0v) is 10.4. The zero-order valence-electron chi connectivity index (χ0n) is 10.4. The number of pyridine rings is 1. The lowest BCUT2D eigenvalue weighted by Crippen LogP contribution is -2.14. The van der Waals surface area contributed by atoms with Crippen molar-refractivity contribution in [2.24, 2.45) is 0 Å². The Morgan fingerprint density at radius 2 is 2.00 bits per heavy atom. The van der Waals surface area contributed by atoms with Crippen LogP contribution in [0.1, 0.15) is 27.6 Å². The fourth-order valence-electron chi connectivity index (χ4n) is 1.62. The predicted molar refractivity (Wildman–Crippen MR) is 73.0 cm³/mol. The molecule has 0 saturated carbocycles. The highest BCUT2D eigenvalue weighted by atomic mass is 16.1. The van der Waals surface area contributed by atoms with Crippen molar-refractivity contribution in [2.45, 2.75) is 6.92 Å². The third-order valence-electron chi connectivity index (χ3n) is 2.61. The minimum absolute atomic E-state index is 0.0583. The molecule has 3 N–H and O–H groups in total. The van der Waals surface area contributed by atoms with E-state index < -0.39 is 0 Å². The minimum atomic E-state index is -0.355. The number of aromatic nitrogens is 1. The molecule has 0 aliphatic carbocycles. The lowest BCUT2D eigenvalue weighted by molar-refractivity contribution is 0.101. The van der Waals surface area contributed by atoms with Crippen LogP contribution in [-0.2, 0) is 0 Å². The highest BCUT2D eigenvalue weighted by Crippen LogP contribution is 2.14. The molecule has 96 valence electrons. The molecule has 1 aromatic carbocycles. The van der Waals surface area contributed by atoms with Crippen molar-refractivity contribution in [3.05, 3.63) is 53.7 Å². The van der Waals surface area contributed by atoms with Crippen LogP contribution < -0.4 is 11.1 Å². The van der Waals surface area contributed by atoms with E-state index in [9.17, 15) is 9.59 Å². The summed E-state index contributed by atoms with van der Waals surface area (Å²) in [5.41, 5.74) is 7.01. The van der Waals surface area contributed by atoms with Gasteiger partial charge in [0.1, 0.15) is 5.82 Å². The third-order valence-corrected chi connectivity index (χ3v) is 2.61. The van der Waals surface area contributed by atoms with Gasteiger partial charge in [0.15, 0.2) is 5.78 Å². The van der Waals surface area contributed by atoms with E-state index in [0.717, 1.165) is 0 Å². The maximum atomic E-state index is 12.0. The van der Waals surface area contributed by atoms with Gasteiger partial charge in [-0.15, -0.1) is 0 Å². The van der Waals surface area contributed by atoms with Gasteiger partial charge in [0.25, 0.3) is 5.91 Å². The highest BCUT2D eigenvalue weighted by molar-refractivity contribution is 6.07. The molecule has 0 aliphatic rings. The maximum Gasteiger partial charge on any atom is 0.259 e. The monoisotopic (exact) mass is 255 g/mol. The molecule has 19 heavy (non-hydrogen) atoms. The number of hydrogen-bond acceptors (Lipinski definition) is 4.